The molecule has 2 aromatic heterocycles. The molecular weight excluding hydrogens is 753 g/mol. The largest absolute Gasteiger partial charge is 0.456 e. The summed E-state index contributed by atoms with van der Waals surface area (Å²) in [6, 6.07) is 78.8. The van der Waals surface area contributed by atoms with Gasteiger partial charge < -0.3 is 4.42 Å². The van der Waals surface area contributed by atoms with Gasteiger partial charge in [-0.2, -0.15) is 0 Å². The summed E-state index contributed by atoms with van der Waals surface area (Å²) >= 11 is 0. The molecule has 13 rings (SSSR count). The highest BCUT2D eigenvalue weighted by Crippen LogP contribution is 2.61. The van der Waals surface area contributed by atoms with Gasteiger partial charge in [0.1, 0.15) is 11.2 Å². The minimum atomic E-state index is -0.590. The van der Waals surface area contributed by atoms with Gasteiger partial charge in [-0.3, -0.25) is 0 Å². The van der Waals surface area contributed by atoms with Crippen LogP contribution < -0.4 is 0 Å². The first-order chi connectivity index (χ1) is 30.7. The van der Waals surface area contributed by atoms with E-state index in [1.807, 2.05) is 18.2 Å². The third-order valence-electron chi connectivity index (χ3n) is 13.2. The molecule has 0 radical (unpaired) electrons. The number of para-hydroxylation sites is 1. The van der Waals surface area contributed by atoms with Crippen LogP contribution in [0.3, 0.4) is 0 Å². The highest BCUT2D eigenvalue weighted by Gasteiger charge is 2.49. The van der Waals surface area contributed by atoms with Gasteiger partial charge in [0.05, 0.1) is 16.8 Å². The van der Waals surface area contributed by atoms with Crippen LogP contribution in [0.1, 0.15) is 22.3 Å². The van der Waals surface area contributed by atoms with Crippen LogP contribution in [0.15, 0.2) is 223 Å². The summed E-state index contributed by atoms with van der Waals surface area (Å²) in [6.45, 7) is 0. The number of rotatable bonds is 4. The molecule has 2 aliphatic rings. The van der Waals surface area contributed by atoms with E-state index in [0.29, 0.717) is 5.82 Å². The maximum Gasteiger partial charge on any atom is 0.160 e. The molecule has 0 aliphatic heterocycles. The zero-order chi connectivity index (χ0) is 40.8. The van der Waals surface area contributed by atoms with Gasteiger partial charge in [-0.15, -0.1) is 0 Å². The molecule has 0 bridgehead atoms. The second-order valence-corrected chi connectivity index (χ2v) is 16.4. The number of furan rings is 1. The van der Waals surface area contributed by atoms with Crippen molar-refractivity contribution < 1.29 is 4.42 Å². The lowest BCUT2D eigenvalue weighted by atomic mass is 9.65. The summed E-state index contributed by atoms with van der Waals surface area (Å²) in [5.74, 6) is 0.674. The molecule has 0 atom stereocenters. The van der Waals surface area contributed by atoms with E-state index in [9.17, 15) is 0 Å². The maximum atomic E-state index is 6.25. The van der Waals surface area contributed by atoms with Gasteiger partial charge in [-0.25, -0.2) is 9.97 Å². The summed E-state index contributed by atoms with van der Waals surface area (Å²) in [7, 11) is 0. The van der Waals surface area contributed by atoms with Crippen LogP contribution >= 0.6 is 0 Å². The van der Waals surface area contributed by atoms with Crippen molar-refractivity contribution in [3.05, 3.63) is 241 Å². The molecule has 11 aromatic rings. The Balaban J connectivity index is 1.06. The van der Waals surface area contributed by atoms with Crippen LogP contribution in [0.25, 0.3) is 100 Å². The first kappa shape index (κ1) is 34.7. The van der Waals surface area contributed by atoms with E-state index < -0.39 is 5.41 Å². The SMILES string of the molecule is c1ccc(-c2ccc(-c3nc(-c4ccc5c(c4)C4(c6ccccc6-c6ccccc6-c6ccccc64)c4ccccc4-5)cc(-c4ccc5oc6ccccc6c5c4)n3)cc2)cc1. The van der Waals surface area contributed by atoms with Crippen molar-refractivity contribution in [2.45, 2.75) is 5.41 Å². The molecule has 0 saturated carbocycles. The van der Waals surface area contributed by atoms with Gasteiger partial charge in [0, 0.05) is 27.5 Å². The summed E-state index contributed by atoms with van der Waals surface area (Å²) in [5, 5.41) is 2.15. The van der Waals surface area contributed by atoms with Gasteiger partial charge in [0.25, 0.3) is 0 Å². The Labute approximate surface area is 359 Å². The molecular formula is C59H36N2O. The third-order valence-corrected chi connectivity index (χ3v) is 13.2. The average molecular weight is 789 g/mol. The molecule has 0 unspecified atom stereocenters. The van der Waals surface area contributed by atoms with E-state index in [-0.39, 0.29) is 0 Å². The molecule has 2 heterocycles. The zero-order valence-corrected chi connectivity index (χ0v) is 33.6. The number of fused-ring (bicyclic) bond motifs is 15. The van der Waals surface area contributed by atoms with Crippen molar-refractivity contribution in [3.8, 4) is 78.4 Å². The molecule has 3 nitrogen and oxygen atoms in total. The van der Waals surface area contributed by atoms with Crippen molar-refractivity contribution >= 4 is 21.9 Å². The Kier molecular flexibility index (Phi) is 7.52. The maximum absolute atomic E-state index is 6.25. The smallest absolute Gasteiger partial charge is 0.160 e. The van der Waals surface area contributed by atoms with Crippen LogP contribution in [-0.4, -0.2) is 9.97 Å². The molecule has 62 heavy (non-hydrogen) atoms. The van der Waals surface area contributed by atoms with Crippen molar-refractivity contribution in [3.63, 3.8) is 0 Å². The lowest BCUT2D eigenvalue weighted by Crippen LogP contribution is -2.29. The van der Waals surface area contributed by atoms with Crippen LogP contribution in [0.4, 0.5) is 0 Å². The molecule has 0 amide bonds. The number of hydrogen-bond acceptors (Lipinski definition) is 3. The minimum Gasteiger partial charge on any atom is -0.456 e. The second-order valence-electron chi connectivity index (χ2n) is 16.4. The summed E-state index contributed by atoms with van der Waals surface area (Å²) in [5.41, 5.74) is 20.8. The number of benzene rings is 9. The van der Waals surface area contributed by atoms with Gasteiger partial charge in [-0.1, -0.05) is 182 Å². The molecule has 3 heteroatoms. The quantitative estimate of drug-likeness (QED) is 0.178. The van der Waals surface area contributed by atoms with Crippen molar-refractivity contribution in [1.82, 2.24) is 9.97 Å². The zero-order valence-electron chi connectivity index (χ0n) is 33.6. The molecule has 1 spiro atoms. The van der Waals surface area contributed by atoms with E-state index in [1.54, 1.807) is 0 Å². The summed E-state index contributed by atoms with van der Waals surface area (Å²) in [6.07, 6.45) is 0. The predicted octanol–water partition coefficient (Wildman–Crippen LogP) is 15.1. The number of aromatic nitrogens is 2. The van der Waals surface area contributed by atoms with Crippen LogP contribution in [0, 0.1) is 0 Å². The monoisotopic (exact) mass is 788 g/mol. The molecule has 9 aromatic carbocycles. The molecule has 2 aliphatic carbocycles. The molecule has 0 saturated heterocycles. The molecule has 288 valence electrons. The first-order valence-corrected chi connectivity index (χ1v) is 21.2. The molecule has 0 fully saturated rings. The van der Waals surface area contributed by atoms with Crippen molar-refractivity contribution in [1.29, 1.82) is 0 Å². The molecule has 0 N–H and O–H groups in total. The summed E-state index contributed by atoms with van der Waals surface area (Å²) < 4.78 is 6.25. The van der Waals surface area contributed by atoms with Crippen molar-refractivity contribution in [2.75, 3.05) is 0 Å². The van der Waals surface area contributed by atoms with Crippen LogP contribution in [0.2, 0.25) is 0 Å². The Morgan fingerprint density at radius 3 is 1.40 bits per heavy atom. The van der Waals surface area contributed by atoms with Gasteiger partial charge in [-0.05, 0) is 103 Å². The Bertz CT molecular complexity index is 3510. The minimum absolute atomic E-state index is 0.590. The van der Waals surface area contributed by atoms with E-state index in [1.165, 1.54) is 61.2 Å². The normalized spacial score (nSPS) is 13.0. The average Bonchev–Trinajstić information content (AvgIpc) is 3.84. The Morgan fingerprint density at radius 1 is 0.290 bits per heavy atom. The lowest BCUT2D eigenvalue weighted by Gasteiger charge is -2.35. The number of nitrogens with zero attached hydrogens (tertiary/aromatic N) is 2. The van der Waals surface area contributed by atoms with Gasteiger partial charge in [0.2, 0.25) is 0 Å². The van der Waals surface area contributed by atoms with Crippen molar-refractivity contribution in [2.24, 2.45) is 0 Å². The second kappa shape index (κ2) is 13.4. The van der Waals surface area contributed by atoms with E-state index >= 15 is 0 Å². The topological polar surface area (TPSA) is 38.9 Å². The van der Waals surface area contributed by atoms with E-state index in [2.05, 4.69) is 200 Å². The van der Waals surface area contributed by atoms with Gasteiger partial charge >= 0.3 is 0 Å². The Hall–Kier alpha value is -8.14. The fraction of sp³-hybridized carbons (Fsp3) is 0.0169. The summed E-state index contributed by atoms with van der Waals surface area (Å²) in [4.78, 5) is 10.7. The third kappa shape index (κ3) is 5.06. The van der Waals surface area contributed by atoms with Crippen LogP contribution in [-0.2, 0) is 5.41 Å². The predicted molar refractivity (Wildman–Crippen MR) is 253 cm³/mol. The fourth-order valence-electron chi connectivity index (χ4n) is 10.4. The Morgan fingerprint density at radius 2 is 0.742 bits per heavy atom. The lowest BCUT2D eigenvalue weighted by molar-refractivity contribution is 0.669. The highest BCUT2D eigenvalue weighted by molar-refractivity contribution is 6.06. The van der Waals surface area contributed by atoms with Gasteiger partial charge in [0.15, 0.2) is 5.82 Å². The fourth-order valence-corrected chi connectivity index (χ4v) is 10.4. The number of hydrogen-bond donors (Lipinski definition) is 0. The van der Waals surface area contributed by atoms with E-state index in [4.69, 9.17) is 14.4 Å². The highest BCUT2D eigenvalue weighted by atomic mass is 16.3. The van der Waals surface area contributed by atoms with Crippen LogP contribution in [0.5, 0.6) is 0 Å². The first-order valence-electron chi connectivity index (χ1n) is 21.2. The van der Waals surface area contributed by atoms with E-state index in [0.717, 1.165) is 55.6 Å². The standard InChI is InChI=1S/C59H36N2O/c1-2-14-37(15-3-1)38-26-28-39(29-27-38)58-60-54(40-31-33-57-49(34-40)48-21-9-13-25-56(48)62-57)36-55(61-58)41-30-32-47-46-20-8-12-24-52(46)59(53(47)35-41)50-22-10-6-18-44(50)42-16-4-5-17-43(42)45-19-7-11-23-51(45)59/h1-36H.